The van der Waals surface area contributed by atoms with Gasteiger partial charge in [-0.15, -0.1) is 0 Å². The van der Waals surface area contributed by atoms with E-state index in [1.807, 2.05) is 19.3 Å². The third-order valence-electron chi connectivity index (χ3n) is 1.94. The van der Waals surface area contributed by atoms with Crippen LogP contribution in [-0.4, -0.2) is 16.5 Å². The van der Waals surface area contributed by atoms with Gasteiger partial charge in [-0.2, -0.15) is 0 Å². The summed E-state index contributed by atoms with van der Waals surface area (Å²) in [6, 6.07) is 0. The van der Waals surface area contributed by atoms with Crippen LogP contribution in [0.15, 0.2) is 12.4 Å². The largest absolute Gasteiger partial charge is 0.354 e. The van der Waals surface area contributed by atoms with E-state index in [2.05, 4.69) is 36.1 Å². The molecule has 0 spiro atoms. The first kappa shape index (κ1) is 11.0. The van der Waals surface area contributed by atoms with Crippen molar-refractivity contribution < 1.29 is 0 Å². The Bertz CT molecular complexity index is 272. The zero-order chi connectivity index (χ0) is 10.6. The molecule has 0 aliphatic heterocycles. The van der Waals surface area contributed by atoms with Gasteiger partial charge in [0.1, 0.15) is 0 Å². The van der Waals surface area contributed by atoms with Crippen molar-refractivity contribution in [2.75, 3.05) is 11.9 Å². The lowest BCUT2D eigenvalue weighted by Crippen LogP contribution is -2.14. The second-order valence-corrected chi connectivity index (χ2v) is 4.82. The van der Waals surface area contributed by atoms with Crippen molar-refractivity contribution >= 4 is 5.95 Å². The fraction of sp³-hybridized carbons (Fsp3) is 0.636. The van der Waals surface area contributed by atoms with Crippen molar-refractivity contribution in [2.45, 2.75) is 34.1 Å². The van der Waals surface area contributed by atoms with Crippen LogP contribution in [0.4, 0.5) is 5.95 Å². The van der Waals surface area contributed by atoms with Gasteiger partial charge in [0.25, 0.3) is 0 Å². The molecule has 1 N–H and O–H groups in total. The molecule has 0 amide bonds. The summed E-state index contributed by atoms with van der Waals surface area (Å²) in [4.78, 5) is 8.35. The van der Waals surface area contributed by atoms with Crippen molar-refractivity contribution in [1.29, 1.82) is 0 Å². The maximum atomic E-state index is 4.18. The number of nitrogens with one attached hydrogen (secondary N) is 1. The Morgan fingerprint density at radius 3 is 2.29 bits per heavy atom. The van der Waals surface area contributed by atoms with Gasteiger partial charge in [0.15, 0.2) is 0 Å². The highest BCUT2D eigenvalue weighted by molar-refractivity contribution is 5.23. The molecule has 1 rings (SSSR count). The third kappa shape index (κ3) is 4.21. The molecule has 0 saturated carbocycles. The van der Waals surface area contributed by atoms with Gasteiger partial charge in [0, 0.05) is 18.9 Å². The molecule has 0 aliphatic rings. The monoisotopic (exact) mass is 193 g/mol. The highest BCUT2D eigenvalue weighted by atomic mass is 15.1. The van der Waals surface area contributed by atoms with Gasteiger partial charge in [-0.1, -0.05) is 20.8 Å². The molecule has 78 valence electrons. The second kappa shape index (κ2) is 4.40. The first-order valence-corrected chi connectivity index (χ1v) is 5.00. The Labute approximate surface area is 86.0 Å². The zero-order valence-corrected chi connectivity index (χ0v) is 9.46. The lowest BCUT2D eigenvalue weighted by Gasteiger charge is -2.17. The van der Waals surface area contributed by atoms with Crippen molar-refractivity contribution in [3.8, 4) is 0 Å². The van der Waals surface area contributed by atoms with Gasteiger partial charge in [-0.25, -0.2) is 9.97 Å². The number of aromatic nitrogens is 2. The fourth-order valence-electron chi connectivity index (χ4n) is 1.03. The number of nitrogens with zero attached hydrogens (tertiary/aromatic N) is 2. The van der Waals surface area contributed by atoms with Crippen LogP contribution in [0.3, 0.4) is 0 Å². The van der Waals surface area contributed by atoms with Crippen LogP contribution in [0.1, 0.15) is 32.8 Å². The molecule has 0 fully saturated rings. The third-order valence-corrected chi connectivity index (χ3v) is 1.94. The van der Waals surface area contributed by atoms with Gasteiger partial charge in [-0.05, 0) is 24.3 Å². The molecule has 3 heteroatoms. The smallest absolute Gasteiger partial charge is 0.222 e. The Hall–Kier alpha value is -1.12. The fourth-order valence-corrected chi connectivity index (χ4v) is 1.03. The Kier molecular flexibility index (Phi) is 3.44. The van der Waals surface area contributed by atoms with Gasteiger partial charge in [-0.3, -0.25) is 0 Å². The number of hydrogen-bond donors (Lipinski definition) is 1. The number of hydrogen-bond acceptors (Lipinski definition) is 3. The van der Waals surface area contributed by atoms with E-state index < -0.39 is 0 Å². The normalized spacial score (nSPS) is 11.4. The number of anilines is 1. The summed E-state index contributed by atoms with van der Waals surface area (Å²) in [7, 11) is 0. The maximum Gasteiger partial charge on any atom is 0.222 e. The SMILES string of the molecule is Cc1cnc(NCCC(C)(C)C)nc1. The molecular weight excluding hydrogens is 174 g/mol. The van der Waals surface area contributed by atoms with E-state index in [4.69, 9.17) is 0 Å². The standard InChI is InChI=1S/C11H19N3/c1-9-7-13-10(14-8-9)12-6-5-11(2,3)4/h7-8H,5-6H2,1-4H3,(H,12,13,14). The molecule has 0 aliphatic carbocycles. The van der Waals surface area contributed by atoms with E-state index in [9.17, 15) is 0 Å². The molecule has 0 unspecified atom stereocenters. The van der Waals surface area contributed by atoms with Crippen molar-refractivity contribution in [1.82, 2.24) is 9.97 Å². The summed E-state index contributed by atoms with van der Waals surface area (Å²) >= 11 is 0. The summed E-state index contributed by atoms with van der Waals surface area (Å²) in [5, 5.41) is 3.21. The van der Waals surface area contributed by atoms with Crippen LogP contribution >= 0.6 is 0 Å². The van der Waals surface area contributed by atoms with Crippen LogP contribution in [0.5, 0.6) is 0 Å². The predicted octanol–water partition coefficient (Wildman–Crippen LogP) is 2.63. The average Bonchev–Trinajstić information content (AvgIpc) is 2.06. The quantitative estimate of drug-likeness (QED) is 0.802. The summed E-state index contributed by atoms with van der Waals surface area (Å²) in [6.07, 6.45) is 4.77. The molecule has 0 saturated heterocycles. The van der Waals surface area contributed by atoms with Gasteiger partial charge in [0.05, 0.1) is 0 Å². The number of rotatable bonds is 3. The van der Waals surface area contributed by atoms with Gasteiger partial charge in [0.2, 0.25) is 5.95 Å². The minimum atomic E-state index is 0.359. The predicted molar refractivity (Wildman–Crippen MR) is 59.3 cm³/mol. The maximum absolute atomic E-state index is 4.18. The molecule has 1 aromatic heterocycles. The molecule has 14 heavy (non-hydrogen) atoms. The van der Waals surface area contributed by atoms with Crippen molar-refractivity contribution in [3.63, 3.8) is 0 Å². The first-order chi connectivity index (χ1) is 6.47. The summed E-state index contributed by atoms with van der Waals surface area (Å²) < 4.78 is 0. The van der Waals surface area contributed by atoms with E-state index in [1.165, 1.54) is 0 Å². The summed E-state index contributed by atoms with van der Waals surface area (Å²) in [6.45, 7) is 9.59. The van der Waals surface area contributed by atoms with E-state index in [0.29, 0.717) is 5.41 Å². The molecule has 0 atom stereocenters. The van der Waals surface area contributed by atoms with Gasteiger partial charge < -0.3 is 5.32 Å². The molecule has 0 radical (unpaired) electrons. The highest BCUT2D eigenvalue weighted by Crippen LogP contribution is 2.17. The van der Waals surface area contributed by atoms with E-state index in [0.717, 1.165) is 24.5 Å². The molecule has 0 bridgehead atoms. The lowest BCUT2D eigenvalue weighted by atomic mass is 9.92. The zero-order valence-electron chi connectivity index (χ0n) is 9.46. The molecular formula is C11H19N3. The van der Waals surface area contributed by atoms with Crippen molar-refractivity contribution in [3.05, 3.63) is 18.0 Å². The average molecular weight is 193 g/mol. The summed E-state index contributed by atoms with van der Waals surface area (Å²) in [5.74, 6) is 0.722. The Morgan fingerprint density at radius 1 is 1.21 bits per heavy atom. The lowest BCUT2D eigenvalue weighted by molar-refractivity contribution is 0.389. The molecule has 3 nitrogen and oxygen atoms in total. The molecule has 0 aromatic carbocycles. The van der Waals surface area contributed by atoms with Crippen LogP contribution in [0, 0.1) is 12.3 Å². The Balaban J connectivity index is 2.35. The molecule has 1 heterocycles. The van der Waals surface area contributed by atoms with Crippen LogP contribution < -0.4 is 5.32 Å². The van der Waals surface area contributed by atoms with Crippen LogP contribution in [0.2, 0.25) is 0 Å². The van der Waals surface area contributed by atoms with Crippen LogP contribution in [0.25, 0.3) is 0 Å². The van der Waals surface area contributed by atoms with E-state index in [-0.39, 0.29) is 0 Å². The number of aryl methyl sites for hydroxylation is 1. The second-order valence-electron chi connectivity index (χ2n) is 4.82. The Morgan fingerprint density at radius 2 is 1.79 bits per heavy atom. The van der Waals surface area contributed by atoms with Crippen LogP contribution in [-0.2, 0) is 0 Å². The molecule has 1 aromatic rings. The topological polar surface area (TPSA) is 37.8 Å². The minimum absolute atomic E-state index is 0.359. The first-order valence-electron chi connectivity index (χ1n) is 5.00. The highest BCUT2D eigenvalue weighted by Gasteiger charge is 2.09. The minimum Gasteiger partial charge on any atom is -0.354 e. The van der Waals surface area contributed by atoms with Crippen molar-refractivity contribution in [2.24, 2.45) is 5.41 Å². The van der Waals surface area contributed by atoms with Gasteiger partial charge >= 0.3 is 0 Å². The summed E-state index contributed by atoms with van der Waals surface area (Å²) in [5.41, 5.74) is 1.45. The van der Waals surface area contributed by atoms with E-state index >= 15 is 0 Å². The van der Waals surface area contributed by atoms with E-state index in [1.54, 1.807) is 0 Å².